The van der Waals surface area contributed by atoms with Gasteiger partial charge in [0.05, 0.1) is 11.4 Å². The fourth-order valence-electron chi connectivity index (χ4n) is 1.80. The first-order chi connectivity index (χ1) is 7.58. The Morgan fingerprint density at radius 3 is 2.31 bits per heavy atom. The highest BCUT2D eigenvalue weighted by Gasteiger charge is 2.09. The number of rotatable bonds is 1. The predicted octanol–water partition coefficient (Wildman–Crippen LogP) is 2.48. The van der Waals surface area contributed by atoms with Crippen molar-refractivity contribution in [3.8, 4) is 11.1 Å². The summed E-state index contributed by atoms with van der Waals surface area (Å²) in [5.74, 6) is -0.0247. The molecule has 0 saturated heterocycles. The molecule has 1 heterocycles. The molecule has 0 aliphatic heterocycles. The first kappa shape index (κ1) is 10.5. The van der Waals surface area contributed by atoms with Crippen molar-refractivity contribution in [1.82, 2.24) is 9.97 Å². The summed E-state index contributed by atoms with van der Waals surface area (Å²) in [6, 6.07) is 6.37. The number of anilines is 1. The van der Waals surface area contributed by atoms with Gasteiger partial charge in [-0.25, -0.2) is 14.4 Å². The zero-order chi connectivity index (χ0) is 11.7. The Morgan fingerprint density at radius 2 is 1.75 bits per heavy atom. The molecule has 0 bridgehead atoms. The van der Waals surface area contributed by atoms with Gasteiger partial charge in [0.15, 0.2) is 0 Å². The van der Waals surface area contributed by atoms with Crippen molar-refractivity contribution in [1.29, 1.82) is 0 Å². The van der Waals surface area contributed by atoms with Crippen LogP contribution in [-0.2, 0) is 0 Å². The quantitative estimate of drug-likeness (QED) is 0.798. The van der Waals surface area contributed by atoms with Crippen LogP contribution in [0.2, 0.25) is 0 Å². The van der Waals surface area contributed by atoms with Gasteiger partial charge in [-0.3, -0.25) is 0 Å². The third-order valence-electron chi connectivity index (χ3n) is 2.40. The molecule has 16 heavy (non-hydrogen) atoms. The molecule has 1 aromatic heterocycles. The van der Waals surface area contributed by atoms with Crippen LogP contribution >= 0.6 is 0 Å². The Morgan fingerprint density at radius 1 is 1.12 bits per heavy atom. The molecule has 0 atom stereocenters. The molecule has 2 rings (SSSR count). The van der Waals surface area contributed by atoms with Crippen molar-refractivity contribution in [3.63, 3.8) is 0 Å². The second kappa shape index (κ2) is 3.89. The first-order valence-corrected chi connectivity index (χ1v) is 4.94. The van der Waals surface area contributed by atoms with E-state index >= 15 is 0 Å². The molecule has 0 saturated carbocycles. The highest BCUT2D eigenvalue weighted by molar-refractivity contribution is 5.68. The molecule has 0 spiro atoms. The third-order valence-corrected chi connectivity index (χ3v) is 2.40. The number of hydrogen-bond donors (Lipinski definition) is 1. The maximum atomic E-state index is 13.1. The van der Waals surface area contributed by atoms with E-state index < -0.39 is 0 Å². The molecule has 0 fully saturated rings. The Labute approximate surface area is 93.2 Å². The minimum Gasteiger partial charge on any atom is -0.368 e. The normalized spacial score (nSPS) is 10.4. The second-order valence-electron chi connectivity index (χ2n) is 3.64. The smallest absolute Gasteiger partial charge is 0.220 e. The van der Waals surface area contributed by atoms with Gasteiger partial charge >= 0.3 is 0 Å². The van der Waals surface area contributed by atoms with E-state index in [-0.39, 0.29) is 11.8 Å². The number of nitrogens with two attached hydrogens (primary N) is 1. The van der Waals surface area contributed by atoms with Crippen LogP contribution in [0.15, 0.2) is 24.3 Å². The molecular formula is C12H12FN3. The SMILES string of the molecule is Cc1nc(N)nc(C)c1-c1cccc(F)c1. The summed E-state index contributed by atoms with van der Waals surface area (Å²) in [5, 5.41) is 0. The summed E-state index contributed by atoms with van der Waals surface area (Å²) < 4.78 is 13.1. The predicted molar refractivity (Wildman–Crippen MR) is 61.3 cm³/mol. The van der Waals surface area contributed by atoms with Gasteiger partial charge in [-0.05, 0) is 31.5 Å². The van der Waals surface area contributed by atoms with Gasteiger partial charge in [0.25, 0.3) is 0 Å². The van der Waals surface area contributed by atoms with Crippen LogP contribution in [-0.4, -0.2) is 9.97 Å². The molecule has 2 aromatic rings. The molecule has 1 aromatic carbocycles. The Kier molecular flexibility index (Phi) is 2.56. The number of halogens is 1. The van der Waals surface area contributed by atoms with E-state index in [0.29, 0.717) is 0 Å². The van der Waals surface area contributed by atoms with Crippen LogP contribution in [0.1, 0.15) is 11.4 Å². The molecule has 4 heteroatoms. The number of hydrogen-bond acceptors (Lipinski definition) is 3. The second-order valence-corrected chi connectivity index (χ2v) is 3.64. The average Bonchev–Trinajstić information content (AvgIpc) is 2.15. The summed E-state index contributed by atoms with van der Waals surface area (Å²) in [4.78, 5) is 8.17. The van der Waals surface area contributed by atoms with Gasteiger partial charge < -0.3 is 5.73 Å². The summed E-state index contributed by atoms with van der Waals surface area (Å²) in [7, 11) is 0. The zero-order valence-electron chi connectivity index (χ0n) is 9.16. The topological polar surface area (TPSA) is 51.8 Å². The zero-order valence-corrected chi connectivity index (χ0v) is 9.16. The maximum Gasteiger partial charge on any atom is 0.220 e. The largest absolute Gasteiger partial charge is 0.368 e. The molecule has 0 unspecified atom stereocenters. The number of aromatic nitrogens is 2. The van der Waals surface area contributed by atoms with Crippen molar-refractivity contribution >= 4 is 5.95 Å². The van der Waals surface area contributed by atoms with Crippen LogP contribution in [0.3, 0.4) is 0 Å². The summed E-state index contributed by atoms with van der Waals surface area (Å²) in [6.07, 6.45) is 0. The summed E-state index contributed by atoms with van der Waals surface area (Å²) >= 11 is 0. The average molecular weight is 217 g/mol. The van der Waals surface area contributed by atoms with Crippen molar-refractivity contribution in [3.05, 3.63) is 41.5 Å². The number of nitrogens with zero attached hydrogens (tertiary/aromatic N) is 2. The molecular weight excluding hydrogens is 205 g/mol. The standard InChI is InChI=1S/C12H12FN3/c1-7-11(8(2)16-12(14)15-7)9-4-3-5-10(13)6-9/h3-6H,1-2H3,(H2,14,15,16). The molecule has 2 N–H and O–H groups in total. The monoisotopic (exact) mass is 217 g/mol. The van der Waals surface area contributed by atoms with E-state index in [2.05, 4.69) is 9.97 Å². The van der Waals surface area contributed by atoms with Crippen LogP contribution in [0.4, 0.5) is 10.3 Å². The molecule has 0 aliphatic rings. The summed E-state index contributed by atoms with van der Waals surface area (Å²) in [5.41, 5.74) is 8.67. The van der Waals surface area contributed by atoms with Gasteiger partial charge in [0.2, 0.25) is 5.95 Å². The van der Waals surface area contributed by atoms with Crippen LogP contribution in [0, 0.1) is 19.7 Å². The van der Waals surface area contributed by atoms with Gasteiger partial charge in [-0.2, -0.15) is 0 Å². The van der Waals surface area contributed by atoms with Crippen LogP contribution in [0.25, 0.3) is 11.1 Å². The van der Waals surface area contributed by atoms with Crippen LogP contribution < -0.4 is 5.73 Å². The van der Waals surface area contributed by atoms with E-state index in [1.165, 1.54) is 12.1 Å². The molecule has 0 amide bonds. The maximum absolute atomic E-state index is 13.1. The van der Waals surface area contributed by atoms with Gasteiger partial charge in [-0.1, -0.05) is 12.1 Å². The highest BCUT2D eigenvalue weighted by Crippen LogP contribution is 2.25. The van der Waals surface area contributed by atoms with Gasteiger partial charge in [0, 0.05) is 5.56 Å². The van der Waals surface area contributed by atoms with E-state index in [1.807, 2.05) is 19.9 Å². The highest BCUT2D eigenvalue weighted by atomic mass is 19.1. The van der Waals surface area contributed by atoms with Gasteiger partial charge in [0.1, 0.15) is 5.82 Å². The molecule has 0 radical (unpaired) electrons. The number of aryl methyl sites for hydroxylation is 2. The van der Waals surface area contributed by atoms with Crippen molar-refractivity contribution < 1.29 is 4.39 Å². The number of benzene rings is 1. The Hall–Kier alpha value is -1.97. The lowest BCUT2D eigenvalue weighted by molar-refractivity contribution is 0.628. The Bertz CT molecular complexity index is 515. The van der Waals surface area contributed by atoms with E-state index in [1.54, 1.807) is 6.07 Å². The van der Waals surface area contributed by atoms with E-state index in [9.17, 15) is 4.39 Å². The molecule has 0 aliphatic carbocycles. The van der Waals surface area contributed by atoms with E-state index in [4.69, 9.17) is 5.73 Å². The first-order valence-electron chi connectivity index (χ1n) is 4.94. The Balaban J connectivity index is 2.64. The molecule has 3 nitrogen and oxygen atoms in total. The lowest BCUT2D eigenvalue weighted by Crippen LogP contribution is -2.02. The fourth-order valence-corrected chi connectivity index (χ4v) is 1.80. The fraction of sp³-hybridized carbons (Fsp3) is 0.167. The minimum absolute atomic E-state index is 0.246. The molecule has 82 valence electrons. The lowest BCUT2D eigenvalue weighted by Gasteiger charge is -2.09. The third kappa shape index (κ3) is 1.86. The minimum atomic E-state index is -0.270. The summed E-state index contributed by atoms with van der Waals surface area (Å²) in [6.45, 7) is 3.68. The number of nitrogen functional groups attached to an aromatic ring is 1. The van der Waals surface area contributed by atoms with Gasteiger partial charge in [-0.15, -0.1) is 0 Å². The van der Waals surface area contributed by atoms with Crippen molar-refractivity contribution in [2.75, 3.05) is 5.73 Å². The van der Waals surface area contributed by atoms with Crippen molar-refractivity contribution in [2.45, 2.75) is 13.8 Å². The van der Waals surface area contributed by atoms with E-state index in [0.717, 1.165) is 22.5 Å². The van der Waals surface area contributed by atoms with Crippen molar-refractivity contribution in [2.24, 2.45) is 0 Å². The van der Waals surface area contributed by atoms with Crippen LogP contribution in [0.5, 0.6) is 0 Å². The lowest BCUT2D eigenvalue weighted by atomic mass is 10.0.